The van der Waals surface area contributed by atoms with Gasteiger partial charge in [-0.05, 0) is 19.8 Å². The van der Waals surface area contributed by atoms with Gasteiger partial charge in [0, 0.05) is 5.54 Å². The first kappa shape index (κ1) is 18.9. The minimum atomic E-state index is -0.135. The molecule has 0 bridgehead atoms. The predicted octanol–water partition coefficient (Wildman–Crippen LogP) is 3.16. The molecule has 0 fully saturated rings. The van der Waals surface area contributed by atoms with Gasteiger partial charge >= 0.3 is 0 Å². The van der Waals surface area contributed by atoms with Gasteiger partial charge in [0.15, 0.2) is 0 Å². The second-order valence-electron chi connectivity index (χ2n) is 5.88. The smallest absolute Gasteiger partial charge is 0.239 e. The number of unbranched alkanes of at least 4 members (excludes halogenated alkanes) is 5. The van der Waals surface area contributed by atoms with E-state index in [2.05, 4.69) is 31.4 Å². The molecule has 0 aliphatic heterocycles. The van der Waals surface area contributed by atoms with E-state index in [9.17, 15) is 9.59 Å². The van der Waals surface area contributed by atoms with E-state index in [0.29, 0.717) is 6.41 Å². The zero-order valence-corrected chi connectivity index (χ0v) is 13.5. The molecule has 2 N–H and O–H groups in total. The molecule has 1 unspecified atom stereocenters. The lowest BCUT2D eigenvalue weighted by molar-refractivity contribution is -0.123. The maximum atomic E-state index is 11.8. The van der Waals surface area contributed by atoms with Gasteiger partial charge in [-0.1, -0.05) is 58.8 Å². The first-order valence-electron chi connectivity index (χ1n) is 8.06. The quantitative estimate of drug-likeness (QED) is 0.403. The van der Waals surface area contributed by atoms with Crippen LogP contribution in [0.1, 0.15) is 78.6 Å². The van der Waals surface area contributed by atoms with Gasteiger partial charge in [-0.3, -0.25) is 9.59 Å². The predicted molar refractivity (Wildman–Crippen MR) is 83.5 cm³/mol. The Hall–Kier alpha value is -1.06. The fourth-order valence-electron chi connectivity index (χ4n) is 2.45. The summed E-state index contributed by atoms with van der Waals surface area (Å²) in [4.78, 5) is 22.0. The third kappa shape index (κ3) is 9.82. The zero-order valence-electron chi connectivity index (χ0n) is 13.5. The molecule has 0 radical (unpaired) electrons. The Balaban J connectivity index is 4.19. The number of hydrogen-bond donors (Lipinski definition) is 2. The molecule has 0 saturated heterocycles. The molecule has 0 aromatic carbocycles. The molecule has 0 heterocycles. The molecule has 0 aliphatic carbocycles. The van der Waals surface area contributed by atoms with Crippen LogP contribution in [0.4, 0.5) is 0 Å². The van der Waals surface area contributed by atoms with Crippen LogP contribution in [0, 0.1) is 0 Å². The van der Waals surface area contributed by atoms with Gasteiger partial charge < -0.3 is 10.6 Å². The summed E-state index contributed by atoms with van der Waals surface area (Å²) in [5.41, 5.74) is -0.135. The van der Waals surface area contributed by atoms with Crippen LogP contribution in [0.3, 0.4) is 0 Å². The highest BCUT2D eigenvalue weighted by Crippen LogP contribution is 2.22. The lowest BCUT2D eigenvalue weighted by Gasteiger charge is -2.31. The Morgan fingerprint density at radius 1 is 1.00 bits per heavy atom. The maximum absolute atomic E-state index is 11.8. The van der Waals surface area contributed by atoms with Crippen LogP contribution in [0.5, 0.6) is 0 Å². The van der Waals surface area contributed by atoms with Crippen LogP contribution >= 0.6 is 0 Å². The summed E-state index contributed by atoms with van der Waals surface area (Å²) in [6, 6.07) is 0. The highest BCUT2D eigenvalue weighted by molar-refractivity contribution is 5.80. The van der Waals surface area contributed by atoms with E-state index in [1.165, 1.54) is 25.7 Å². The molecule has 0 spiro atoms. The monoisotopic (exact) mass is 284 g/mol. The third-order valence-corrected chi connectivity index (χ3v) is 3.70. The fourth-order valence-corrected chi connectivity index (χ4v) is 2.45. The summed E-state index contributed by atoms with van der Waals surface area (Å²) in [7, 11) is 0. The molecule has 0 aromatic rings. The van der Waals surface area contributed by atoms with Crippen molar-refractivity contribution in [2.45, 2.75) is 84.1 Å². The molecular weight excluding hydrogens is 252 g/mol. The van der Waals surface area contributed by atoms with Gasteiger partial charge in [0.05, 0.1) is 6.54 Å². The number of hydrogen-bond acceptors (Lipinski definition) is 2. The van der Waals surface area contributed by atoms with Crippen molar-refractivity contribution in [1.29, 1.82) is 0 Å². The van der Waals surface area contributed by atoms with Gasteiger partial charge in [-0.15, -0.1) is 0 Å². The van der Waals surface area contributed by atoms with E-state index >= 15 is 0 Å². The number of nitrogens with one attached hydrogen (secondary N) is 2. The maximum Gasteiger partial charge on any atom is 0.239 e. The number of amides is 2. The van der Waals surface area contributed by atoms with E-state index in [1.807, 2.05) is 0 Å². The van der Waals surface area contributed by atoms with Crippen LogP contribution < -0.4 is 10.6 Å². The lowest BCUT2D eigenvalue weighted by Crippen LogP contribution is -2.48. The Bertz CT molecular complexity index is 269. The summed E-state index contributed by atoms with van der Waals surface area (Å²) in [5, 5.41) is 5.51. The standard InChI is InChI=1S/C16H32N2O2/c1-4-6-8-9-10-12-16(3,11-7-5-2)18-15(20)13-17-14-19/h14H,4-13H2,1-3H3,(H,17,19)(H,18,20). The fraction of sp³-hybridized carbons (Fsp3) is 0.875. The van der Waals surface area contributed by atoms with Crippen molar-refractivity contribution in [3.05, 3.63) is 0 Å². The van der Waals surface area contributed by atoms with Crippen LogP contribution in [-0.4, -0.2) is 24.4 Å². The largest absolute Gasteiger partial charge is 0.350 e. The van der Waals surface area contributed by atoms with Gasteiger partial charge in [0.25, 0.3) is 0 Å². The van der Waals surface area contributed by atoms with E-state index < -0.39 is 0 Å². The van der Waals surface area contributed by atoms with Crippen molar-refractivity contribution in [1.82, 2.24) is 10.6 Å². The van der Waals surface area contributed by atoms with Gasteiger partial charge in [0.2, 0.25) is 12.3 Å². The summed E-state index contributed by atoms with van der Waals surface area (Å²) >= 11 is 0. The first-order chi connectivity index (χ1) is 9.58. The van der Waals surface area contributed by atoms with Crippen LogP contribution in [0.2, 0.25) is 0 Å². The molecule has 0 rings (SSSR count). The third-order valence-electron chi connectivity index (χ3n) is 3.70. The summed E-state index contributed by atoms with van der Waals surface area (Å²) < 4.78 is 0. The van der Waals surface area contributed by atoms with Gasteiger partial charge in [-0.2, -0.15) is 0 Å². The molecule has 2 amide bonds. The second-order valence-corrected chi connectivity index (χ2v) is 5.88. The molecule has 118 valence electrons. The first-order valence-corrected chi connectivity index (χ1v) is 8.06. The summed E-state index contributed by atoms with van der Waals surface area (Å²) in [6.45, 7) is 6.57. The van der Waals surface area contributed by atoms with E-state index in [-0.39, 0.29) is 18.0 Å². The average Bonchev–Trinajstić information content (AvgIpc) is 2.43. The zero-order chi connectivity index (χ0) is 15.3. The average molecular weight is 284 g/mol. The van der Waals surface area contributed by atoms with Crippen molar-refractivity contribution in [3.8, 4) is 0 Å². The normalized spacial score (nSPS) is 13.6. The van der Waals surface area contributed by atoms with E-state index in [4.69, 9.17) is 0 Å². The molecule has 0 aliphatic rings. The van der Waals surface area contributed by atoms with Crippen molar-refractivity contribution < 1.29 is 9.59 Å². The highest BCUT2D eigenvalue weighted by Gasteiger charge is 2.24. The second kappa shape index (κ2) is 11.7. The molecule has 20 heavy (non-hydrogen) atoms. The number of rotatable bonds is 13. The van der Waals surface area contributed by atoms with E-state index in [0.717, 1.165) is 32.1 Å². The Morgan fingerprint density at radius 3 is 2.20 bits per heavy atom. The van der Waals surface area contributed by atoms with Crippen LogP contribution in [-0.2, 0) is 9.59 Å². The van der Waals surface area contributed by atoms with Gasteiger partial charge in [0.1, 0.15) is 0 Å². The van der Waals surface area contributed by atoms with Crippen LogP contribution in [0.25, 0.3) is 0 Å². The van der Waals surface area contributed by atoms with Crippen molar-refractivity contribution in [2.24, 2.45) is 0 Å². The SMILES string of the molecule is CCCCCCCC(C)(CCCC)NC(=O)CNC=O. The Kier molecular flexibility index (Phi) is 11.1. The minimum absolute atomic E-state index is 0.0705. The Morgan fingerprint density at radius 2 is 1.60 bits per heavy atom. The summed E-state index contributed by atoms with van der Waals surface area (Å²) in [6.07, 6.45) is 11.0. The number of carbonyl (C=O) groups is 2. The van der Waals surface area contributed by atoms with Crippen molar-refractivity contribution in [3.63, 3.8) is 0 Å². The van der Waals surface area contributed by atoms with E-state index in [1.54, 1.807) is 0 Å². The van der Waals surface area contributed by atoms with Crippen molar-refractivity contribution in [2.75, 3.05) is 6.54 Å². The van der Waals surface area contributed by atoms with Crippen LogP contribution in [0.15, 0.2) is 0 Å². The molecule has 1 atom stereocenters. The topological polar surface area (TPSA) is 58.2 Å². The van der Waals surface area contributed by atoms with Crippen molar-refractivity contribution >= 4 is 12.3 Å². The molecular formula is C16H32N2O2. The molecule has 4 nitrogen and oxygen atoms in total. The Labute approximate surface area is 124 Å². The molecule has 4 heteroatoms. The molecule has 0 aromatic heterocycles. The lowest BCUT2D eigenvalue weighted by atomic mass is 9.88. The number of carbonyl (C=O) groups excluding carboxylic acids is 2. The van der Waals surface area contributed by atoms with Gasteiger partial charge in [-0.25, -0.2) is 0 Å². The highest BCUT2D eigenvalue weighted by atomic mass is 16.2. The summed E-state index contributed by atoms with van der Waals surface area (Å²) in [5.74, 6) is -0.0933. The molecule has 0 saturated carbocycles. The minimum Gasteiger partial charge on any atom is -0.350 e.